The monoisotopic (exact) mass is 229 g/mol. The Kier molecular flexibility index (Phi) is 3.78. The van der Waals surface area contributed by atoms with Crippen LogP contribution in [0.4, 0.5) is 13.2 Å². The third-order valence-corrected chi connectivity index (χ3v) is 2.02. The number of hydrogen-bond donors (Lipinski definition) is 0. The van der Waals surface area contributed by atoms with E-state index in [1.54, 1.807) is 6.07 Å². The van der Waals surface area contributed by atoms with Gasteiger partial charge >= 0.3 is 6.36 Å². The molecule has 0 aromatic heterocycles. The van der Waals surface area contributed by atoms with Crippen LogP contribution in [0.1, 0.15) is 17.5 Å². The number of para-hydroxylation sites is 1. The molecule has 0 N–H and O–H groups in total. The zero-order chi connectivity index (χ0) is 12.2. The summed E-state index contributed by atoms with van der Waals surface area (Å²) >= 11 is 0. The number of ether oxygens (including phenoxy) is 1. The van der Waals surface area contributed by atoms with Gasteiger partial charge in [0.2, 0.25) is 0 Å². The SMILES string of the molecule is Cc1cccc(CCC#N)c1OC(F)(F)F. The van der Waals surface area contributed by atoms with Gasteiger partial charge in [-0.05, 0) is 24.5 Å². The van der Waals surface area contributed by atoms with Gasteiger partial charge in [-0.25, -0.2) is 0 Å². The van der Waals surface area contributed by atoms with Crippen molar-refractivity contribution >= 4 is 0 Å². The summed E-state index contributed by atoms with van der Waals surface area (Å²) in [4.78, 5) is 0. The van der Waals surface area contributed by atoms with E-state index in [9.17, 15) is 13.2 Å². The van der Waals surface area contributed by atoms with E-state index in [-0.39, 0.29) is 18.6 Å². The molecule has 0 atom stereocenters. The first kappa shape index (κ1) is 12.4. The van der Waals surface area contributed by atoms with Gasteiger partial charge in [-0.1, -0.05) is 18.2 Å². The van der Waals surface area contributed by atoms with E-state index in [0.29, 0.717) is 11.1 Å². The summed E-state index contributed by atoms with van der Waals surface area (Å²) in [5.74, 6) is -0.190. The van der Waals surface area contributed by atoms with E-state index < -0.39 is 6.36 Å². The lowest BCUT2D eigenvalue weighted by atomic mass is 10.1. The van der Waals surface area contributed by atoms with Crippen molar-refractivity contribution in [2.45, 2.75) is 26.1 Å². The Bertz CT molecular complexity index is 407. The lowest BCUT2D eigenvalue weighted by Gasteiger charge is -2.14. The van der Waals surface area contributed by atoms with E-state index in [1.165, 1.54) is 19.1 Å². The first-order valence-electron chi connectivity index (χ1n) is 4.65. The summed E-state index contributed by atoms with van der Waals surface area (Å²) in [6.45, 7) is 1.54. The second-order valence-electron chi connectivity index (χ2n) is 3.27. The fraction of sp³-hybridized carbons (Fsp3) is 0.364. The third kappa shape index (κ3) is 3.46. The largest absolute Gasteiger partial charge is 0.573 e. The van der Waals surface area contributed by atoms with Crippen LogP contribution in [0.3, 0.4) is 0 Å². The van der Waals surface area contributed by atoms with Crippen molar-refractivity contribution in [3.05, 3.63) is 29.3 Å². The van der Waals surface area contributed by atoms with Gasteiger partial charge in [0.15, 0.2) is 0 Å². The fourth-order valence-corrected chi connectivity index (χ4v) is 1.36. The summed E-state index contributed by atoms with van der Waals surface area (Å²) in [6.07, 6.45) is -4.28. The molecule has 0 unspecified atom stereocenters. The standard InChI is InChI=1S/C11H10F3NO/c1-8-4-2-5-9(6-3-7-15)10(8)16-11(12,13)14/h2,4-5H,3,6H2,1H3. The van der Waals surface area contributed by atoms with Gasteiger partial charge in [-0.15, -0.1) is 13.2 Å². The van der Waals surface area contributed by atoms with Crippen LogP contribution in [0.5, 0.6) is 5.75 Å². The third-order valence-electron chi connectivity index (χ3n) is 2.02. The topological polar surface area (TPSA) is 33.0 Å². The van der Waals surface area contributed by atoms with Crippen LogP contribution in [0.25, 0.3) is 0 Å². The summed E-state index contributed by atoms with van der Waals surface area (Å²) in [7, 11) is 0. The zero-order valence-electron chi connectivity index (χ0n) is 8.64. The lowest BCUT2D eigenvalue weighted by Crippen LogP contribution is -2.18. The van der Waals surface area contributed by atoms with Gasteiger partial charge in [-0.2, -0.15) is 5.26 Å². The Hall–Kier alpha value is -1.70. The highest BCUT2D eigenvalue weighted by atomic mass is 19.4. The van der Waals surface area contributed by atoms with Crippen LogP contribution in [0.2, 0.25) is 0 Å². The van der Waals surface area contributed by atoms with Crippen LogP contribution in [0, 0.1) is 18.3 Å². The Morgan fingerprint density at radius 3 is 2.62 bits per heavy atom. The van der Waals surface area contributed by atoms with E-state index in [1.807, 2.05) is 6.07 Å². The molecule has 0 radical (unpaired) electrons. The minimum atomic E-state index is -4.70. The number of aryl methyl sites for hydroxylation is 2. The number of nitrogens with zero attached hydrogens (tertiary/aromatic N) is 1. The highest BCUT2D eigenvalue weighted by Crippen LogP contribution is 2.30. The highest BCUT2D eigenvalue weighted by Gasteiger charge is 2.32. The quantitative estimate of drug-likeness (QED) is 0.796. The average Bonchev–Trinajstić information content (AvgIpc) is 2.17. The van der Waals surface area contributed by atoms with Crippen LogP contribution in [-0.4, -0.2) is 6.36 Å². The molecule has 0 heterocycles. The number of hydrogen-bond acceptors (Lipinski definition) is 2. The predicted molar refractivity (Wildman–Crippen MR) is 51.8 cm³/mol. The lowest BCUT2D eigenvalue weighted by molar-refractivity contribution is -0.275. The molecule has 0 fully saturated rings. The average molecular weight is 229 g/mol. The first-order chi connectivity index (χ1) is 7.44. The molecule has 0 bridgehead atoms. The molecule has 0 amide bonds. The smallest absolute Gasteiger partial charge is 0.405 e. The molecule has 5 heteroatoms. The molecular weight excluding hydrogens is 219 g/mol. The summed E-state index contributed by atoms with van der Waals surface area (Å²) in [5.41, 5.74) is 0.812. The van der Waals surface area contributed by atoms with Gasteiger partial charge in [0.1, 0.15) is 5.75 Å². The number of halogens is 3. The predicted octanol–water partition coefficient (Wildman–Crippen LogP) is 3.35. The second-order valence-corrected chi connectivity index (χ2v) is 3.27. The van der Waals surface area contributed by atoms with Gasteiger partial charge < -0.3 is 4.74 Å². The molecule has 16 heavy (non-hydrogen) atoms. The van der Waals surface area contributed by atoms with Crippen LogP contribution < -0.4 is 4.74 Å². The van der Waals surface area contributed by atoms with Gasteiger partial charge in [0, 0.05) is 6.42 Å². The second kappa shape index (κ2) is 4.88. The van der Waals surface area contributed by atoms with Crippen molar-refractivity contribution in [3.8, 4) is 11.8 Å². The fourth-order valence-electron chi connectivity index (χ4n) is 1.36. The maximum Gasteiger partial charge on any atom is 0.573 e. The molecule has 0 aliphatic carbocycles. The number of benzene rings is 1. The Morgan fingerprint density at radius 1 is 1.38 bits per heavy atom. The van der Waals surface area contributed by atoms with Crippen LogP contribution >= 0.6 is 0 Å². The minimum Gasteiger partial charge on any atom is -0.405 e. The van der Waals surface area contributed by atoms with Crippen molar-refractivity contribution in [2.24, 2.45) is 0 Å². The van der Waals surface area contributed by atoms with Crippen molar-refractivity contribution in [1.82, 2.24) is 0 Å². The van der Waals surface area contributed by atoms with Crippen molar-refractivity contribution in [1.29, 1.82) is 5.26 Å². The summed E-state index contributed by atoms with van der Waals surface area (Å²) < 4.78 is 40.4. The molecule has 0 aliphatic heterocycles. The molecule has 0 saturated carbocycles. The van der Waals surface area contributed by atoms with Gasteiger partial charge in [0.05, 0.1) is 6.07 Å². The van der Waals surface area contributed by atoms with E-state index in [4.69, 9.17) is 5.26 Å². The molecule has 1 aromatic carbocycles. The van der Waals surface area contributed by atoms with Gasteiger partial charge in [-0.3, -0.25) is 0 Å². The van der Waals surface area contributed by atoms with E-state index in [0.717, 1.165) is 0 Å². The molecule has 0 spiro atoms. The van der Waals surface area contributed by atoms with Crippen molar-refractivity contribution < 1.29 is 17.9 Å². The maximum absolute atomic E-state index is 12.1. The molecule has 0 saturated heterocycles. The summed E-state index contributed by atoms with van der Waals surface area (Å²) in [6, 6.07) is 6.60. The molecule has 1 rings (SSSR count). The molecule has 0 aliphatic rings. The van der Waals surface area contributed by atoms with E-state index >= 15 is 0 Å². The van der Waals surface area contributed by atoms with E-state index in [2.05, 4.69) is 4.74 Å². The Morgan fingerprint density at radius 2 is 2.06 bits per heavy atom. The van der Waals surface area contributed by atoms with Crippen molar-refractivity contribution in [3.63, 3.8) is 0 Å². The van der Waals surface area contributed by atoms with Crippen molar-refractivity contribution in [2.75, 3.05) is 0 Å². The molecule has 86 valence electrons. The number of alkyl halides is 3. The Balaban J connectivity index is 3.00. The highest BCUT2D eigenvalue weighted by molar-refractivity contribution is 5.41. The normalized spacial score (nSPS) is 10.9. The number of rotatable bonds is 3. The maximum atomic E-state index is 12.1. The number of nitriles is 1. The minimum absolute atomic E-state index is 0.164. The molecule has 1 aromatic rings. The van der Waals surface area contributed by atoms with Gasteiger partial charge in [0.25, 0.3) is 0 Å². The van der Waals surface area contributed by atoms with Crippen LogP contribution in [0.15, 0.2) is 18.2 Å². The first-order valence-corrected chi connectivity index (χ1v) is 4.65. The molecule has 2 nitrogen and oxygen atoms in total. The zero-order valence-corrected chi connectivity index (χ0v) is 8.64. The van der Waals surface area contributed by atoms with Crippen LogP contribution in [-0.2, 0) is 6.42 Å². The Labute approximate surface area is 91.3 Å². The summed E-state index contributed by atoms with van der Waals surface area (Å²) in [5, 5.41) is 8.41. The molecular formula is C11H10F3NO.